The second-order valence-electron chi connectivity index (χ2n) is 8.06. The third-order valence-corrected chi connectivity index (χ3v) is 5.54. The number of hydrogen-bond acceptors (Lipinski definition) is 4. The highest BCUT2D eigenvalue weighted by molar-refractivity contribution is 5.83. The average molecular weight is 417 g/mol. The van der Waals surface area contributed by atoms with Crippen LogP contribution in [0.4, 0.5) is 10.2 Å². The number of fused-ring (bicyclic) bond motifs is 2. The number of rotatable bonds is 6. The predicted octanol–water partition coefficient (Wildman–Crippen LogP) is 4.53. The fourth-order valence-corrected chi connectivity index (χ4v) is 3.97. The van der Waals surface area contributed by atoms with E-state index < -0.39 is 0 Å². The smallest absolute Gasteiger partial charge is 0.180 e. The Bertz CT molecular complexity index is 1380. The van der Waals surface area contributed by atoms with Crippen LogP contribution in [-0.4, -0.2) is 35.7 Å². The SMILES string of the molecule is CC(C)c1cnc2c(NCCc3c[nH]c4cccc(F)c34)nc(-c3cnn(C)c3)cn12. The van der Waals surface area contributed by atoms with E-state index in [9.17, 15) is 4.39 Å². The van der Waals surface area contributed by atoms with Gasteiger partial charge >= 0.3 is 0 Å². The Morgan fingerprint density at radius 1 is 1.19 bits per heavy atom. The van der Waals surface area contributed by atoms with Crippen LogP contribution in [0.15, 0.2) is 49.2 Å². The van der Waals surface area contributed by atoms with E-state index >= 15 is 0 Å². The Labute approximate surface area is 179 Å². The minimum atomic E-state index is -0.206. The maximum atomic E-state index is 14.3. The molecule has 5 rings (SSSR count). The molecule has 158 valence electrons. The molecular formula is C23H24FN7. The molecule has 0 fully saturated rings. The maximum Gasteiger partial charge on any atom is 0.180 e. The van der Waals surface area contributed by atoms with Crippen LogP contribution >= 0.6 is 0 Å². The molecule has 8 heteroatoms. The van der Waals surface area contributed by atoms with Crippen molar-refractivity contribution in [2.24, 2.45) is 7.05 Å². The summed E-state index contributed by atoms with van der Waals surface area (Å²) in [6.07, 6.45) is 10.2. The van der Waals surface area contributed by atoms with E-state index in [-0.39, 0.29) is 5.82 Å². The molecule has 0 bridgehead atoms. The Morgan fingerprint density at radius 3 is 2.84 bits per heavy atom. The van der Waals surface area contributed by atoms with Crippen molar-refractivity contribution in [2.75, 3.05) is 11.9 Å². The summed E-state index contributed by atoms with van der Waals surface area (Å²) in [5.41, 5.74) is 5.40. The zero-order valence-electron chi connectivity index (χ0n) is 17.7. The zero-order valence-corrected chi connectivity index (χ0v) is 17.7. The van der Waals surface area contributed by atoms with Crippen LogP contribution in [0, 0.1) is 5.82 Å². The van der Waals surface area contributed by atoms with Crippen molar-refractivity contribution in [2.45, 2.75) is 26.2 Å². The summed E-state index contributed by atoms with van der Waals surface area (Å²) < 4.78 is 18.1. The molecule has 1 aromatic carbocycles. The summed E-state index contributed by atoms with van der Waals surface area (Å²) in [7, 11) is 1.89. The average Bonchev–Trinajstić information content (AvgIpc) is 3.46. The van der Waals surface area contributed by atoms with Gasteiger partial charge in [0, 0.05) is 60.5 Å². The van der Waals surface area contributed by atoms with Crippen molar-refractivity contribution in [3.05, 3.63) is 66.3 Å². The lowest BCUT2D eigenvalue weighted by molar-refractivity contribution is 0.639. The van der Waals surface area contributed by atoms with E-state index in [2.05, 4.69) is 38.6 Å². The van der Waals surface area contributed by atoms with Gasteiger partial charge in [-0.25, -0.2) is 14.4 Å². The van der Waals surface area contributed by atoms with Crippen molar-refractivity contribution < 1.29 is 4.39 Å². The summed E-state index contributed by atoms with van der Waals surface area (Å²) in [6.45, 7) is 4.89. The van der Waals surface area contributed by atoms with E-state index in [1.807, 2.05) is 37.9 Å². The molecule has 4 aromatic heterocycles. The fourth-order valence-electron chi connectivity index (χ4n) is 3.97. The third kappa shape index (κ3) is 3.43. The third-order valence-electron chi connectivity index (χ3n) is 5.54. The first-order chi connectivity index (χ1) is 15.0. The number of halogens is 1. The van der Waals surface area contributed by atoms with Crippen LogP contribution in [-0.2, 0) is 13.5 Å². The van der Waals surface area contributed by atoms with Crippen LogP contribution in [0.5, 0.6) is 0 Å². The normalized spacial score (nSPS) is 11.8. The monoisotopic (exact) mass is 417 g/mol. The lowest BCUT2D eigenvalue weighted by Crippen LogP contribution is -2.09. The number of anilines is 1. The van der Waals surface area contributed by atoms with Crippen LogP contribution in [0.3, 0.4) is 0 Å². The first-order valence-corrected chi connectivity index (χ1v) is 10.4. The van der Waals surface area contributed by atoms with Crippen molar-refractivity contribution >= 4 is 22.4 Å². The molecule has 5 aromatic rings. The summed E-state index contributed by atoms with van der Waals surface area (Å²) in [5.74, 6) is 0.817. The summed E-state index contributed by atoms with van der Waals surface area (Å²) in [5, 5.41) is 8.34. The molecule has 31 heavy (non-hydrogen) atoms. The van der Waals surface area contributed by atoms with E-state index in [1.54, 1.807) is 16.9 Å². The number of hydrogen-bond donors (Lipinski definition) is 2. The summed E-state index contributed by atoms with van der Waals surface area (Å²) >= 11 is 0. The number of benzene rings is 1. The quantitative estimate of drug-likeness (QED) is 0.426. The Balaban J connectivity index is 1.48. The minimum Gasteiger partial charge on any atom is -0.367 e. The number of aromatic nitrogens is 6. The van der Waals surface area contributed by atoms with Gasteiger partial charge in [-0.3, -0.25) is 9.08 Å². The van der Waals surface area contributed by atoms with E-state index in [4.69, 9.17) is 4.98 Å². The fraction of sp³-hybridized carbons (Fsp3) is 0.261. The highest BCUT2D eigenvalue weighted by atomic mass is 19.1. The van der Waals surface area contributed by atoms with Gasteiger partial charge in [-0.2, -0.15) is 5.10 Å². The van der Waals surface area contributed by atoms with Crippen LogP contribution in [0.2, 0.25) is 0 Å². The van der Waals surface area contributed by atoms with Gasteiger partial charge in [0.2, 0.25) is 0 Å². The zero-order chi connectivity index (χ0) is 21.5. The first-order valence-electron chi connectivity index (χ1n) is 10.4. The molecule has 2 N–H and O–H groups in total. The van der Waals surface area contributed by atoms with Gasteiger partial charge in [0.1, 0.15) is 5.82 Å². The van der Waals surface area contributed by atoms with Crippen molar-refractivity contribution in [3.63, 3.8) is 0 Å². The molecule has 0 unspecified atom stereocenters. The molecule has 7 nitrogen and oxygen atoms in total. The van der Waals surface area contributed by atoms with Gasteiger partial charge in [-0.05, 0) is 30.0 Å². The molecule has 4 heterocycles. The molecular weight excluding hydrogens is 393 g/mol. The van der Waals surface area contributed by atoms with Gasteiger partial charge in [0.05, 0.1) is 11.9 Å². The lowest BCUT2D eigenvalue weighted by Gasteiger charge is -2.11. The first kappa shape index (κ1) is 19.3. The van der Waals surface area contributed by atoms with E-state index in [0.717, 1.165) is 33.7 Å². The molecule has 0 amide bonds. The molecule has 0 aliphatic rings. The van der Waals surface area contributed by atoms with Crippen molar-refractivity contribution in [3.8, 4) is 11.3 Å². The Hall–Kier alpha value is -3.68. The van der Waals surface area contributed by atoms with Gasteiger partial charge in [0.15, 0.2) is 11.5 Å². The maximum absolute atomic E-state index is 14.3. The molecule has 0 aliphatic carbocycles. The number of imidazole rings is 1. The number of H-pyrrole nitrogens is 1. The van der Waals surface area contributed by atoms with Gasteiger partial charge < -0.3 is 10.3 Å². The summed E-state index contributed by atoms with van der Waals surface area (Å²) in [6, 6.07) is 5.09. The molecule has 0 aliphatic heterocycles. The van der Waals surface area contributed by atoms with Crippen LogP contribution in [0.1, 0.15) is 31.0 Å². The Kier molecular flexibility index (Phi) is 4.69. The van der Waals surface area contributed by atoms with E-state index in [1.165, 1.54) is 6.07 Å². The largest absolute Gasteiger partial charge is 0.367 e. The summed E-state index contributed by atoms with van der Waals surface area (Å²) in [4.78, 5) is 12.6. The van der Waals surface area contributed by atoms with Crippen LogP contribution < -0.4 is 5.32 Å². The Morgan fingerprint density at radius 2 is 2.06 bits per heavy atom. The highest BCUT2D eigenvalue weighted by Gasteiger charge is 2.15. The lowest BCUT2D eigenvalue weighted by atomic mass is 10.1. The van der Waals surface area contributed by atoms with Gasteiger partial charge in [-0.1, -0.05) is 19.9 Å². The highest BCUT2D eigenvalue weighted by Crippen LogP contribution is 2.26. The topological polar surface area (TPSA) is 75.8 Å². The molecule has 0 atom stereocenters. The van der Waals surface area contributed by atoms with Gasteiger partial charge in [-0.15, -0.1) is 0 Å². The van der Waals surface area contributed by atoms with Crippen molar-refractivity contribution in [1.29, 1.82) is 0 Å². The number of aromatic amines is 1. The standard InChI is InChI=1S/C23H24FN7/c1-14(2)20-11-27-23-22(29-19(13-31(20)23)16-10-28-30(3)12-16)25-8-7-15-9-26-18-6-4-5-17(24)21(15)18/h4-6,9-14,26H,7-8H2,1-3H3,(H,25,29). The molecule has 0 spiro atoms. The number of nitrogens with one attached hydrogen (secondary N) is 2. The molecule has 0 saturated heterocycles. The second kappa shape index (κ2) is 7.54. The van der Waals surface area contributed by atoms with Crippen LogP contribution in [0.25, 0.3) is 27.8 Å². The number of aryl methyl sites for hydroxylation is 1. The molecule has 0 saturated carbocycles. The minimum absolute atomic E-state index is 0.206. The predicted molar refractivity (Wildman–Crippen MR) is 120 cm³/mol. The van der Waals surface area contributed by atoms with E-state index in [0.29, 0.717) is 30.1 Å². The number of nitrogens with zero attached hydrogens (tertiary/aromatic N) is 5. The van der Waals surface area contributed by atoms with Gasteiger partial charge in [0.25, 0.3) is 0 Å². The molecule has 0 radical (unpaired) electrons. The van der Waals surface area contributed by atoms with Crippen molar-refractivity contribution in [1.82, 2.24) is 29.1 Å². The second-order valence-corrected chi connectivity index (χ2v) is 8.06.